The number of hydrogen-bond donors (Lipinski definition) is 0. The average Bonchev–Trinajstić information content (AvgIpc) is 3.28. The maximum atomic E-state index is 12.8. The predicted octanol–water partition coefficient (Wildman–Crippen LogP) is 2.77. The lowest BCUT2D eigenvalue weighted by Crippen LogP contribution is -2.24. The molecule has 0 radical (unpaired) electrons. The fourth-order valence-corrected chi connectivity index (χ4v) is 4.86. The van der Waals surface area contributed by atoms with E-state index in [1.54, 1.807) is 0 Å². The van der Waals surface area contributed by atoms with Crippen molar-refractivity contribution in [3.63, 3.8) is 0 Å². The van der Waals surface area contributed by atoms with Gasteiger partial charge in [0, 0.05) is 12.1 Å². The van der Waals surface area contributed by atoms with Crippen molar-refractivity contribution >= 4 is 10.0 Å². The van der Waals surface area contributed by atoms with E-state index in [4.69, 9.17) is 5.26 Å². The third-order valence-corrected chi connectivity index (χ3v) is 6.34. The first kappa shape index (κ1) is 16.5. The van der Waals surface area contributed by atoms with Gasteiger partial charge in [-0.15, -0.1) is 0 Å². The number of nitriles is 2. The summed E-state index contributed by atoms with van der Waals surface area (Å²) in [5.74, 6) is 0. The minimum atomic E-state index is -3.73. The zero-order valence-corrected chi connectivity index (χ0v) is 13.7. The van der Waals surface area contributed by atoms with E-state index in [-0.39, 0.29) is 21.6 Å². The molecule has 5 nitrogen and oxygen atoms in total. The van der Waals surface area contributed by atoms with Crippen LogP contribution in [0.15, 0.2) is 23.1 Å². The fourth-order valence-electron chi connectivity index (χ4n) is 2.82. The van der Waals surface area contributed by atoms with Crippen LogP contribution in [0, 0.1) is 22.7 Å². The molecule has 0 saturated carbocycles. The molecule has 1 aromatic rings. The van der Waals surface area contributed by atoms with Gasteiger partial charge in [0.2, 0.25) is 10.0 Å². The van der Waals surface area contributed by atoms with Crippen LogP contribution in [0.3, 0.4) is 0 Å². The highest BCUT2D eigenvalue weighted by atomic mass is 32.2. The van der Waals surface area contributed by atoms with E-state index < -0.39 is 10.0 Å². The van der Waals surface area contributed by atoms with Crippen LogP contribution in [-0.4, -0.2) is 24.8 Å². The molecular weight excluding hydrogens is 298 g/mol. The van der Waals surface area contributed by atoms with Gasteiger partial charge in [-0.25, -0.2) is 8.42 Å². The zero-order valence-electron chi connectivity index (χ0n) is 12.8. The van der Waals surface area contributed by atoms with Gasteiger partial charge in [0.25, 0.3) is 0 Å². The maximum absolute atomic E-state index is 12.8. The van der Waals surface area contributed by atoms with Crippen LogP contribution in [-0.2, 0) is 10.0 Å². The smallest absolute Gasteiger partial charge is 0.207 e. The van der Waals surface area contributed by atoms with Crippen molar-refractivity contribution in [3.8, 4) is 12.1 Å². The van der Waals surface area contributed by atoms with Gasteiger partial charge >= 0.3 is 0 Å². The highest BCUT2D eigenvalue weighted by Gasteiger charge is 2.57. The van der Waals surface area contributed by atoms with E-state index in [1.165, 1.54) is 22.5 Å². The lowest BCUT2D eigenvalue weighted by atomic mass is 10.00. The van der Waals surface area contributed by atoms with Gasteiger partial charge < -0.3 is 0 Å². The molecule has 1 fully saturated rings. The highest BCUT2D eigenvalue weighted by Crippen LogP contribution is 2.45. The Bertz CT molecular complexity index is 759. The van der Waals surface area contributed by atoms with Crippen LogP contribution in [0.1, 0.15) is 50.7 Å². The number of unbranched alkanes of at least 4 members (excludes halogenated alkanes) is 1. The van der Waals surface area contributed by atoms with Crippen molar-refractivity contribution in [2.45, 2.75) is 50.0 Å². The second kappa shape index (κ2) is 6.08. The van der Waals surface area contributed by atoms with Crippen LogP contribution >= 0.6 is 0 Å². The number of benzene rings is 1. The van der Waals surface area contributed by atoms with Crippen molar-refractivity contribution in [1.82, 2.24) is 4.31 Å². The molecule has 0 bridgehead atoms. The van der Waals surface area contributed by atoms with E-state index in [9.17, 15) is 13.7 Å². The van der Waals surface area contributed by atoms with Gasteiger partial charge in [0.15, 0.2) is 0 Å². The Morgan fingerprint density at radius 3 is 2.55 bits per heavy atom. The van der Waals surface area contributed by atoms with Crippen LogP contribution in [0.25, 0.3) is 0 Å². The predicted molar refractivity (Wildman–Crippen MR) is 82.3 cm³/mol. The second-order valence-electron chi connectivity index (χ2n) is 5.60. The summed E-state index contributed by atoms with van der Waals surface area (Å²) in [5, 5.41) is 18.3. The maximum Gasteiger partial charge on any atom is 0.245 e. The van der Waals surface area contributed by atoms with E-state index >= 15 is 0 Å². The van der Waals surface area contributed by atoms with Crippen LogP contribution < -0.4 is 0 Å². The lowest BCUT2D eigenvalue weighted by molar-refractivity contribution is 0.444. The Kier molecular flexibility index (Phi) is 4.55. The molecule has 1 aliphatic heterocycles. The standard InChI is InChI=1S/C16H19N3O2S/c1-3-5-9-16(4-2)12-19(16)22(20,21)15-8-6-7-13(10-17)14(15)11-18/h6-8H,3-5,9,12H2,1-2H3. The van der Waals surface area contributed by atoms with Gasteiger partial charge in [-0.2, -0.15) is 14.8 Å². The molecule has 1 heterocycles. The first-order valence-corrected chi connectivity index (χ1v) is 8.87. The monoisotopic (exact) mass is 317 g/mol. The van der Waals surface area contributed by atoms with Crippen molar-refractivity contribution in [2.75, 3.05) is 6.54 Å². The number of sulfonamides is 1. The Hall–Kier alpha value is -1.89. The molecule has 0 spiro atoms. The van der Waals surface area contributed by atoms with Crippen LogP contribution in [0.2, 0.25) is 0 Å². The van der Waals surface area contributed by atoms with E-state index in [2.05, 4.69) is 6.92 Å². The topological polar surface area (TPSA) is 84.7 Å². The van der Waals surface area contributed by atoms with Gasteiger partial charge in [0.05, 0.1) is 11.1 Å². The van der Waals surface area contributed by atoms with Gasteiger partial charge in [-0.3, -0.25) is 0 Å². The molecule has 116 valence electrons. The first-order valence-electron chi connectivity index (χ1n) is 7.43. The summed E-state index contributed by atoms with van der Waals surface area (Å²) in [6.07, 6.45) is 3.58. The number of rotatable bonds is 6. The summed E-state index contributed by atoms with van der Waals surface area (Å²) in [7, 11) is -3.73. The Labute approximate surface area is 131 Å². The zero-order chi connectivity index (χ0) is 16.4. The van der Waals surface area contributed by atoms with Crippen LogP contribution in [0.4, 0.5) is 0 Å². The van der Waals surface area contributed by atoms with Gasteiger partial charge in [-0.05, 0) is 25.0 Å². The Balaban J connectivity index is 2.43. The molecule has 22 heavy (non-hydrogen) atoms. The van der Waals surface area contributed by atoms with Crippen molar-refractivity contribution < 1.29 is 8.42 Å². The minimum absolute atomic E-state index is 0.0547. The molecule has 0 aliphatic carbocycles. The van der Waals surface area contributed by atoms with E-state index in [0.29, 0.717) is 6.54 Å². The molecule has 6 heteroatoms. The molecule has 0 aromatic heterocycles. The minimum Gasteiger partial charge on any atom is -0.207 e. The summed E-state index contributed by atoms with van der Waals surface area (Å²) in [5.41, 5.74) is -0.275. The fraction of sp³-hybridized carbons (Fsp3) is 0.500. The second-order valence-corrected chi connectivity index (χ2v) is 7.43. The highest BCUT2D eigenvalue weighted by molar-refractivity contribution is 7.89. The molecule has 1 aromatic carbocycles. The summed E-state index contributed by atoms with van der Waals surface area (Å²) in [6.45, 7) is 4.56. The number of hydrogen-bond acceptors (Lipinski definition) is 4. The largest absolute Gasteiger partial charge is 0.245 e. The third kappa shape index (κ3) is 2.61. The molecule has 0 N–H and O–H groups in total. The first-order chi connectivity index (χ1) is 10.5. The molecule has 2 rings (SSSR count). The quantitative estimate of drug-likeness (QED) is 0.755. The SMILES string of the molecule is CCCCC1(CC)CN1S(=O)(=O)c1cccc(C#N)c1C#N. The Morgan fingerprint density at radius 2 is 2.00 bits per heavy atom. The van der Waals surface area contributed by atoms with E-state index in [1.807, 2.05) is 19.1 Å². The molecule has 2 atom stereocenters. The molecule has 0 amide bonds. The summed E-state index contributed by atoms with van der Waals surface area (Å²) >= 11 is 0. The Morgan fingerprint density at radius 1 is 1.27 bits per heavy atom. The lowest BCUT2D eigenvalue weighted by Gasteiger charge is -2.16. The van der Waals surface area contributed by atoms with Gasteiger partial charge in [-0.1, -0.05) is 32.8 Å². The average molecular weight is 317 g/mol. The van der Waals surface area contributed by atoms with Crippen molar-refractivity contribution in [3.05, 3.63) is 29.3 Å². The molecule has 1 aliphatic rings. The number of nitrogens with zero attached hydrogens (tertiary/aromatic N) is 3. The summed E-state index contributed by atoms with van der Waals surface area (Å²) < 4.78 is 27.2. The molecule has 1 saturated heterocycles. The normalized spacial score (nSPS) is 23.5. The third-order valence-electron chi connectivity index (χ3n) is 4.34. The van der Waals surface area contributed by atoms with Crippen molar-refractivity contribution in [2.24, 2.45) is 0 Å². The van der Waals surface area contributed by atoms with Gasteiger partial charge in [0.1, 0.15) is 17.0 Å². The van der Waals surface area contributed by atoms with Crippen LogP contribution in [0.5, 0.6) is 0 Å². The van der Waals surface area contributed by atoms with E-state index in [0.717, 1.165) is 25.7 Å². The van der Waals surface area contributed by atoms with Crippen molar-refractivity contribution in [1.29, 1.82) is 10.5 Å². The molecular formula is C16H19N3O2S. The summed E-state index contributed by atoms with van der Waals surface area (Å²) in [4.78, 5) is -0.0547. The molecule has 2 unspecified atom stereocenters. The summed E-state index contributed by atoms with van der Waals surface area (Å²) in [6, 6.07) is 8.13.